The number of rotatable bonds is 6. The van der Waals surface area contributed by atoms with Crippen molar-refractivity contribution < 1.29 is 4.74 Å². The Morgan fingerprint density at radius 2 is 2.00 bits per heavy atom. The van der Waals surface area contributed by atoms with Gasteiger partial charge in [0.15, 0.2) is 0 Å². The highest BCUT2D eigenvalue weighted by atomic mass is 16.5. The average molecular weight is 407 g/mol. The van der Waals surface area contributed by atoms with Crippen LogP contribution in [0.1, 0.15) is 41.4 Å². The highest BCUT2D eigenvalue weighted by Gasteiger charge is 2.24. The maximum absolute atomic E-state index is 6.10. The summed E-state index contributed by atoms with van der Waals surface area (Å²) < 4.78 is 8.10. The molecule has 7 nitrogen and oxygen atoms in total. The molecule has 1 fully saturated rings. The molecule has 158 valence electrons. The van der Waals surface area contributed by atoms with Crippen LogP contribution in [0.4, 0.5) is 11.5 Å². The van der Waals surface area contributed by atoms with Crippen LogP contribution >= 0.6 is 0 Å². The molecule has 0 bridgehead atoms. The maximum Gasteiger partial charge on any atom is 0.130 e. The normalized spacial score (nSPS) is 17.3. The summed E-state index contributed by atoms with van der Waals surface area (Å²) >= 11 is 0. The van der Waals surface area contributed by atoms with Crippen LogP contribution in [0.2, 0.25) is 0 Å². The van der Waals surface area contributed by atoms with E-state index in [0.717, 1.165) is 60.5 Å². The van der Waals surface area contributed by atoms with Crippen molar-refractivity contribution in [3.63, 3.8) is 0 Å². The summed E-state index contributed by atoms with van der Waals surface area (Å²) in [6, 6.07) is 10.1. The first-order chi connectivity index (χ1) is 14.5. The van der Waals surface area contributed by atoms with Gasteiger partial charge in [-0.1, -0.05) is 6.07 Å². The molecule has 1 saturated heterocycles. The summed E-state index contributed by atoms with van der Waals surface area (Å²) in [5, 5.41) is 7.97. The van der Waals surface area contributed by atoms with Gasteiger partial charge in [-0.3, -0.25) is 14.6 Å². The Hall–Kier alpha value is -2.77. The highest BCUT2D eigenvalue weighted by molar-refractivity contribution is 5.57. The molecule has 0 aromatic carbocycles. The molecule has 1 N–H and O–H groups in total. The predicted molar refractivity (Wildman–Crippen MR) is 118 cm³/mol. The lowest BCUT2D eigenvalue weighted by Crippen LogP contribution is -2.38. The molecule has 4 heterocycles. The van der Waals surface area contributed by atoms with Gasteiger partial charge in [0.25, 0.3) is 0 Å². The molecular formula is C23H30N6O. The summed E-state index contributed by atoms with van der Waals surface area (Å²) in [6.45, 7) is 12.4. The van der Waals surface area contributed by atoms with Gasteiger partial charge < -0.3 is 10.1 Å². The molecule has 0 radical (unpaired) electrons. The molecule has 3 aromatic rings. The van der Waals surface area contributed by atoms with E-state index in [1.54, 1.807) is 0 Å². The van der Waals surface area contributed by atoms with Crippen molar-refractivity contribution in [2.75, 3.05) is 25.0 Å². The maximum atomic E-state index is 6.10. The third-order valence-electron chi connectivity index (χ3n) is 5.38. The molecule has 0 saturated carbocycles. The molecule has 4 rings (SSSR count). The van der Waals surface area contributed by atoms with Gasteiger partial charge in [0.2, 0.25) is 0 Å². The third kappa shape index (κ3) is 4.86. The second-order valence-corrected chi connectivity index (χ2v) is 7.90. The fraction of sp³-hybridized carbons (Fsp3) is 0.435. The number of aromatic nitrogens is 4. The summed E-state index contributed by atoms with van der Waals surface area (Å²) in [6.07, 6.45) is 2.10. The minimum Gasteiger partial charge on any atom is -0.369 e. The first-order valence-electron chi connectivity index (χ1n) is 10.6. The molecular weight excluding hydrogens is 376 g/mol. The Labute approximate surface area is 178 Å². The minimum atomic E-state index is -0.0498. The number of ether oxygens (including phenoxy) is 1. The van der Waals surface area contributed by atoms with E-state index < -0.39 is 0 Å². The van der Waals surface area contributed by atoms with Gasteiger partial charge in [0, 0.05) is 55.0 Å². The van der Waals surface area contributed by atoms with Crippen LogP contribution in [0, 0.1) is 20.8 Å². The van der Waals surface area contributed by atoms with Crippen LogP contribution < -0.4 is 5.32 Å². The molecule has 0 amide bonds. The zero-order valence-electron chi connectivity index (χ0n) is 18.2. The lowest BCUT2D eigenvalue weighted by molar-refractivity contribution is -0.0350. The van der Waals surface area contributed by atoms with E-state index >= 15 is 0 Å². The topological polar surface area (TPSA) is 68.1 Å². The Kier molecular flexibility index (Phi) is 6.11. The highest BCUT2D eigenvalue weighted by Crippen LogP contribution is 2.26. The van der Waals surface area contributed by atoms with Gasteiger partial charge >= 0.3 is 0 Å². The molecule has 0 unspecified atom stereocenters. The molecule has 1 aliphatic heterocycles. The quantitative estimate of drug-likeness (QED) is 0.669. The lowest BCUT2D eigenvalue weighted by atomic mass is 10.1. The van der Waals surface area contributed by atoms with Crippen LogP contribution in [0.5, 0.6) is 0 Å². The Balaban J connectivity index is 1.48. The summed E-state index contributed by atoms with van der Waals surface area (Å²) in [4.78, 5) is 11.7. The van der Waals surface area contributed by atoms with Crippen LogP contribution in [-0.2, 0) is 17.8 Å². The Bertz CT molecular complexity index is 1010. The van der Waals surface area contributed by atoms with Crippen molar-refractivity contribution in [2.45, 2.75) is 46.9 Å². The van der Waals surface area contributed by atoms with Gasteiger partial charge in [-0.2, -0.15) is 5.10 Å². The summed E-state index contributed by atoms with van der Waals surface area (Å²) in [5.74, 6) is 0.834. The van der Waals surface area contributed by atoms with Gasteiger partial charge in [-0.05, 0) is 52.0 Å². The molecule has 30 heavy (non-hydrogen) atoms. The predicted octanol–water partition coefficient (Wildman–Crippen LogP) is 3.94. The second kappa shape index (κ2) is 8.93. The summed E-state index contributed by atoms with van der Waals surface area (Å²) in [7, 11) is 0. The SMILES string of the molecule is CCn1cc(CN2CCO[C@H](c3cc(Nc4cccc(C)n4)cc(C)n3)C2)c(C)n1. The number of hydrogen-bond donors (Lipinski definition) is 1. The van der Waals surface area contributed by atoms with Crippen molar-refractivity contribution in [2.24, 2.45) is 0 Å². The third-order valence-corrected chi connectivity index (χ3v) is 5.38. The monoisotopic (exact) mass is 406 g/mol. The number of pyridine rings is 2. The van der Waals surface area contributed by atoms with Crippen molar-refractivity contribution in [3.8, 4) is 0 Å². The number of morpholine rings is 1. The van der Waals surface area contributed by atoms with Gasteiger partial charge in [-0.15, -0.1) is 0 Å². The van der Waals surface area contributed by atoms with Crippen molar-refractivity contribution in [3.05, 3.63) is 64.9 Å². The standard InChI is InChI=1S/C23H30N6O/c1-5-29-14-19(18(4)27-29)13-28-9-10-30-22(15-28)21-12-20(11-17(3)24-21)26-23-8-6-7-16(2)25-23/h6-8,11-12,14,22H,5,9-10,13,15H2,1-4H3,(H,24,25,26)/t22-/m0/s1. The van der Waals surface area contributed by atoms with Gasteiger partial charge in [0.1, 0.15) is 11.9 Å². The average Bonchev–Trinajstić information content (AvgIpc) is 3.07. The van der Waals surface area contributed by atoms with Crippen molar-refractivity contribution in [1.29, 1.82) is 0 Å². The Morgan fingerprint density at radius 1 is 1.13 bits per heavy atom. The van der Waals surface area contributed by atoms with Crippen LogP contribution in [0.25, 0.3) is 0 Å². The first-order valence-corrected chi connectivity index (χ1v) is 10.6. The number of nitrogens with zero attached hydrogens (tertiary/aromatic N) is 5. The van der Waals surface area contributed by atoms with Crippen LogP contribution in [0.3, 0.4) is 0 Å². The molecule has 7 heteroatoms. The van der Waals surface area contributed by atoms with E-state index in [9.17, 15) is 0 Å². The zero-order chi connectivity index (χ0) is 21.1. The first kappa shape index (κ1) is 20.5. The molecule has 1 aliphatic rings. The fourth-order valence-corrected chi connectivity index (χ4v) is 3.83. The second-order valence-electron chi connectivity index (χ2n) is 7.90. The summed E-state index contributed by atoms with van der Waals surface area (Å²) in [5.41, 5.74) is 6.27. The fourth-order valence-electron chi connectivity index (χ4n) is 3.83. The van der Waals surface area contributed by atoms with Gasteiger partial charge in [-0.25, -0.2) is 4.98 Å². The molecule has 1 atom stereocenters. The number of aryl methyl sites for hydroxylation is 4. The molecule has 0 spiro atoms. The van der Waals surface area contributed by atoms with Crippen molar-refractivity contribution >= 4 is 11.5 Å². The van der Waals surface area contributed by atoms with E-state index in [4.69, 9.17) is 9.72 Å². The van der Waals surface area contributed by atoms with E-state index in [1.165, 1.54) is 5.56 Å². The minimum absolute atomic E-state index is 0.0498. The molecule has 0 aliphatic carbocycles. The number of hydrogen-bond acceptors (Lipinski definition) is 6. The van der Waals surface area contributed by atoms with Crippen LogP contribution in [-0.4, -0.2) is 44.3 Å². The van der Waals surface area contributed by atoms with E-state index in [-0.39, 0.29) is 6.10 Å². The largest absolute Gasteiger partial charge is 0.369 e. The molecule has 3 aromatic heterocycles. The lowest BCUT2D eigenvalue weighted by Gasteiger charge is -2.32. The number of anilines is 2. The van der Waals surface area contributed by atoms with Gasteiger partial charge in [0.05, 0.1) is 18.0 Å². The van der Waals surface area contributed by atoms with Crippen molar-refractivity contribution in [1.82, 2.24) is 24.6 Å². The zero-order valence-corrected chi connectivity index (χ0v) is 18.2. The Morgan fingerprint density at radius 3 is 2.77 bits per heavy atom. The van der Waals surface area contributed by atoms with Crippen LogP contribution in [0.15, 0.2) is 36.5 Å². The van der Waals surface area contributed by atoms with E-state index in [1.807, 2.05) is 42.8 Å². The smallest absolute Gasteiger partial charge is 0.130 e. The van der Waals surface area contributed by atoms with E-state index in [0.29, 0.717) is 6.61 Å². The number of nitrogens with one attached hydrogen (secondary N) is 1. The van der Waals surface area contributed by atoms with E-state index in [2.05, 4.69) is 46.4 Å².